The van der Waals surface area contributed by atoms with Crippen molar-refractivity contribution >= 4 is 22.8 Å². The van der Waals surface area contributed by atoms with Crippen molar-refractivity contribution in [2.75, 3.05) is 18.9 Å². The second-order valence-corrected chi connectivity index (χ2v) is 3.66. The van der Waals surface area contributed by atoms with Gasteiger partial charge in [-0.3, -0.25) is 9.79 Å². The maximum atomic E-state index is 11.2. The van der Waals surface area contributed by atoms with E-state index < -0.39 is 0 Å². The fourth-order valence-corrected chi connectivity index (χ4v) is 1.90. The lowest BCUT2D eigenvalue weighted by Crippen LogP contribution is -2.20. The quantitative estimate of drug-likeness (QED) is 0.626. The van der Waals surface area contributed by atoms with Gasteiger partial charge in [0, 0.05) is 12.3 Å². The molecular weight excluding hydrogens is 174 g/mol. The van der Waals surface area contributed by atoms with Crippen LogP contribution in [0.1, 0.15) is 13.8 Å². The predicted molar refractivity (Wildman–Crippen MR) is 50.6 cm³/mol. The summed E-state index contributed by atoms with van der Waals surface area (Å²) >= 11 is 1.65. The molecule has 0 amide bonds. The largest absolute Gasteiger partial charge is 0.465 e. The summed E-state index contributed by atoms with van der Waals surface area (Å²) in [6, 6.07) is 0. The first-order chi connectivity index (χ1) is 5.75. The number of nitrogens with zero attached hydrogens (tertiary/aromatic N) is 1. The van der Waals surface area contributed by atoms with Crippen LogP contribution in [-0.2, 0) is 9.53 Å². The van der Waals surface area contributed by atoms with Crippen LogP contribution in [0.2, 0.25) is 0 Å². The van der Waals surface area contributed by atoms with Gasteiger partial charge < -0.3 is 4.74 Å². The van der Waals surface area contributed by atoms with E-state index in [2.05, 4.69) is 4.99 Å². The van der Waals surface area contributed by atoms with E-state index in [4.69, 9.17) is 4.74 Å². The van der Waals surface area contributed by atoms with Gasteiger partial charge >= 0.3 is 5.97 Å². The number of aliphatic imine (C=N–C) groups is 1. The molecule has 0 fully saturated rings. The number of carbonyl (C=O) groups is 1. The van der Waals surface area contributed by atoms with Crippen molar-refractivity contribution in [1.82, 2.24) is 0 Å². The van der Waals surface area contributed by atoms with Gasteiger partial charge in [-0.2, -0.15) is 0 Å². The first kappa shape index (κ1) is 9.58. The number of esters is 1. The van der Waals surface area contributed by atoms with Gasteiger partial charge in [0.1, 0.15) is 5.92 Å². The van der Waals surface area contributed by atoms with E-state index in [1.54, 1.807) is 11.8 Å². The van der Waals surface area contributed by atoms with Gasteiger partial charge in [0.15, 0.2) is 0 Å². The third-order valence-electron chi connectivity index (χ3n) is 1.62. The van der Waals surface area contributed by atoms with Crippen molar-refractivity contribution in [1.29, 1.82) is 0 Å². The molecule has 0 aliphatic carbocycles. The van der Waals surface area contributed by atoms with Crippen LogP contribution in [0, 0.1) is 5.92 Å². The van der Waals surface area contributed by atoms with Crippen LogP contribution < -0.4 is 0 Å². The maximum absolute atomic E-state index is 11.2. The average molecular weight is 187 g/mol. The molecule has 1 rings (SSSR count). The molecule has 0 aromatic heterocycles. The van der Waals surface area contributed by atoms with Crippen LogP contribution >= 0.6 is 11.8 Å². The molecule has 0 spiro atoms. The van der Waals surface area contributed by atoms with Crippen LogP contribution in [-0.4, -0.2) is 29.9 Å². The van der Waals surface area contributed by atoms with E-state index in [9.17, 15) is 4.79 Å². The normalized spacial score (nSPS) is 18.7. The Balaban J connectivity index is 2.45. The molecule has 68 valence electrons. The molecule has 0 aromatic rings. The van der Waals surface area contributed by atoms with E-state index >= 15 is 0 Å². The fraction of sp³-hybridized carbons (Fsp3) is 0.750. The Morgan fingerprint density at radius 2 is 2.58 bits per heavy atom. The molecule has 0 radical (unpaired) electrons. The molecule has 0 saturated heterocycles. The van der Waals surface area contributed by atoms with Crippen molar-refractivity contribution in [3.8, 4) is 0 Å². The highest BCUT2D eigenvalue weighted by Gasteiger charge is 2.22. The first-order valence-electron chi connectivity index (χ1n) is 4.09. The molecule has 1 atom stereocenters. The zero-order valence-corrected chi connectivity index (χ0v) is 8.19. The molecule has 3 nitrogen and oxygen atoms in total. The Labute approximate surface area is 76.6 Å². The number of rotatable bonds is 3. The van der Waals surface area contributed by atoms with Gasteiger partial charge in [-0.15, -0.1) is 11.8 Å². The Kier molecular flexibility index (Phi) is 3.59. The standard InChI is InChI=1S/C8H13NO2S/c1-3-11-8(10)6(2)7-9-4-5-12-7/h6H,3-5H2,1-2H3. The Hall–Kier alpha value is -0.510. The Morgan fingerprint density at radius 3 is 3.08 bits per heavy atom. The third-order valence-corrected chi connectivity index (χ3v) is 2.78. The molecule has 1 aliphatic heterocycles. The first-order valence-corrected chi connectivity index (χ1v) is 5.08. The topological polar surface area (TPSA) is 38.7 Å². The highest BCUT2D eigenvalue weighted by atomic mass is 32.2. The van der Waals surface area contributed by atoms with Crippen LogP contribution in [0.25, 0.3) is 0 Å². The third kappa shape index (κ3) is 2.24. The lowest BCUT2D eigenvalue weighted by molar-refractivity contribution is -0.144. The molecule has 12 heavy (non-hydrogen) atoms. The maximum Gasteiger partial charge on any atom is 0.315 e. The lowest BCUT2D eigenvalue weighted by atomic mass is 10.2. The molecule has 0 N–H and O–H groups in total. The summed E-state index contributed by atoms with van der Waals surface area (Å²) in [7, 11) is 0. The monoisotopic (exact) mass is 187 g/mol. The van der Waals surface area contributed by atoms with E-state index in [0.29, 0.717) is 6.61 Å². The number of ether oxygens (including phenoxy) is 1. The molecule has 0 saturated carbocycles. The van der Waals surface area contributed by atoms with E-state index in [1.165, 1.54) is 0 Å². The van der Waals surface area contributed by atoms with Gasteiger partial charge in [0.2, 0.25) is 0 Å². The summed E-state index contributed by atoms with van der Waals surface area (Å²) in [5.41, 5.74) is 0. The Bertz CT molecular complexity index is 203. The minimum atomic E-state index is -0.169. The minimum absolute atomic E-state index is 0.161. The van der Waals surface area contributed by atoms with E-state index in [1.807, 2.05) is 13.8 Å². The fourth-order valence-electron chi connectivity index (χ4n) is 0.982. The molecular formula is C8H13NO2S. The van der Waals surface area contributed by atoms with E-state index in [0.717, 1.165) is 17.3 Å². The predicted octanol–water partition coefficient (Wildman–Crippen LogP) is 1.33. The van der Waals surface area contributed by atoms with Crippen molar-refractivity contribution in [3.63, 3.8) is 0 Å². The van der Waals surface area contributed by atoms with Crippen LogP contribution in [0.3, 0.4) is 0 Å². The smallest absolute Gasteiger partial charge is 0.315 e. The number of thioether (sulfide) groups is 1. The van der Waals surface area contributed by atoms with E-state index in [-0.39, 0.29) is 11.9 Å². The summed E-state index contributed by atoms with van der Waals surface area (Å²) in [5.74, 6) is 0.669. The lowest BCUT2D eigenvalue weighted by Gasteiger charge is -2.08. The van der Waals surface area contributed by atoms with Crippen LogP contribution in [0.5, 0.6) is 0 Å². The summed E-state index contributed by atoms with van der Waals surface area (Å²) in [6.07, 6.45) is 0. The Morgan fingerprint density at radius 1 is 1.83 bits per heavy atom. The van der Waals surface area contributed by atoms with Crippen molar-refractivity contribution < 1.29 is 9.53 Å². The molecule has 0 bridgehead atoms. The number of carbonyl (C=O) groups excluding carboxylic acids is 1. The van der Waals surface area contributed by atoms with Gasteiger partial charge in [0.05, 0.1) is 11.7 Å². The highest BCUT2D eigenvalue weighted by Crippen LogP contribution is 2.19. The molecule has 1 aliphatic rings. The second-order valence-electron chi connectivity index (χ2n) is 2.54. The van der Waals surface area contributed by atoms with Gasteiger partial charge in [0.25, 0.3) is 0 Å². The zero-order chi connectivity index (χ0) is 8.97. The SMILES string of the molecule is CCOC(=O)C(C)C1=NCCS1. The van der Waals surface area contributed by atoms with Gasteiger partial charge in [-0.25, -0.2) is 0 Å². The number of hydrogen-bond donors (Lipinski definition) is 0. The summed E-state index contributed by atoms with van der Waals surface area (Å²) in [6.45, 7) is 4.94. The molecule has 1 unspecified atom stereocenters. The van der Waals surface area contributed by atoms with Crippen molar-refractivity contribution in [2.45, 2.75) is 13.8 Å². The van der Waals surface area contributed by atoms with Gasteiger partial charge in [-0.05, 0) is 13.8 Å². The average Bonchev–Trinajstić information content (AvgIpc) is 2.55. The second kappa shape index (κ2) is 4.50. The van der Waals surface area contributed by atoms with Crippen LogP contribution in [0.4, 0.5) is 0 Å². The van der Waals surface area contributed by atoms with Crippen LogP contribution in [0.15, 0.2) is 4.99 Å². The molecule has 0 aromatic carbocycles. The summed E-state index contributed by atoms with van der Waals surface area (Å²) in [5, 5.41) is 0.924. The zero-order valence-electron chi connectivity index (χ0n) is 7.37. The summed E-state index contributed by atoms with van der Waals surface area (Å²) in [4.78, 5) is 15.4. The summed E-state index contributed by atoms with van der Waals surface area (Å²) < 4.78 is 4.88. The molecule has 4 heteroatoms. The minimum Gasteiger partial charge on any atom is -0.465 e. The van der Waals surface area contributed by atoms with Gasteiger partial charge in [-0.1, -0.05) is 0 Å². The van der Waals surface area contributed by atoms with Crippen molar-refractivity contribution in [3.05, 3.63) is 0 Å². The number of hydrogen-bond acceptors (Lipinski definition) is 4. The highest BCUT2D eigenvalue weighted by molar-refractivity contribution is 8.14. The van der Waals surface area contributed by atoms with Crippen molar-refractivity contribution in [2.24, 2.45) is 10.9 Å². The molecule has 1 heterocycles.